The van der Waals surface area contributed by atoms with Crippen LogP contribution in [0.25, 0.3) is 0 Å². The minimum absolute atomic E-state index is 0.0900. The third-order valence-electron chi connectivity index (χ3n) is 3.75. The largest absolute Gasteiger partial charge is 0.396 e. The van der Waals surface area contributed by atoms with E-state index < -0.39 is 0 Å². The summed E-state index contributed by atoms with van der Waals surface area (Å²) in [5.74, 6) is -0.237. The van der Waals surface area contributed by atoms with Crippen LogP contribution in [0, 0.1) is 6.92 Å². The van der Waals surface area contributed by atoms with E-state index >= 15 is 0 Å². The number of hydrogen-bond donors (Lipinski definition) is 2. The van der Waals surface area contributed by atoms with Crippen LogP contribution in [0.4, 0.5) is 0 Å². The molecule has 2 aromatic rings. The first-order valence-corrected chi connectivity index (χ1v) is 8.15. The smallest absolute Gasteiger partial charge is 0.256 e. The molecule has 1 heterocycles. The Labute approximate surface area is 141 Å². The highest BCUT2D eigenvalue weighted by Crippen LogP contribution is 2.23. The molecule has 23 heavy (non-hydrogen) atoms. The zero-order chi connectivity index (χ0) is 16.8. The molecule has 0 aliphatic rings. The summed E-state index contributed by atoms with van der Waals surface area (Å²) in [5.41, 5.74) is 2.03. The fourth-order valence-corrected chi connectivity index (χ4v) is 2.93. The molecule has 0 saturated heterocycles. The molecule has 1 atom stereocenters. The third-order valence-corrected chi connectivity index (χ3v) is 4.13. The molecule has 2 N–H and O–H groups in total. The van der Waals surface area contributed by atoms with Gasteiger partial charge in [-0.3, -0.25) is 9.48 Å². The molecule has 5 nitrogen and oxygen atoms in total. The summed E-state index contributed by atoms with van der Waals surface area (Å²) in [4.78, 5) is 12.7. The molecule has 0 aliphatic carbocycles. The van der Waals surface area contributed by atoms with Gasteiger partial charge in [-0.2, -0.15) is 5.10 Å². The van der Waals surface area contributed by atoms with Gasteiger partial charge < -0.3 is 10.4 Å². The molecule has 0 saturated carbocycles. The van der Waals surface area contributed by atoms with E-state index in [1.165, 1.54) is 0 Å². The second kappa shape index (κ2) is 8.13. The number of rotatable bonds is 7. The Kier molecular flexibility index (Phi) is 6.19. The van der Waals surface area contributed by atoms with E-state index in [4.69, 9.17) is 16.7 Å². The van der Waals surface area contributed by atoms with E-state index in [9.17, 15) is 4.79 Å². The van der Waals surface area contributed by atoms with Gasteiger partial charge in [0.1, 0.15) is 5.15 Å². The number of aliphatic hydroxyl groups excluding tert-OH is 1. The molecule has 1 aromatic carbocycles. The molecule has 6 heteroatoms. The van der Waals surface area contributed by atoms with Crippen LogP contribution in [0.2, 0.25) is 5.15 Å². The summed E-state index contributed by atoms with van der Waals surface area (Å²) in [6, 6.07) is 9.55. The van der Waals surface area contributed by atoms with Gasteiger partial charge in [0.2, 0.25) is 0 Å². The second-order valence-electron chi connectivity index (χ2n) is 5.37. The molecule has 2 rings (SSSR count). The standard InChI is InChI=1S/C17H22ClN3O2/c1-3-21-16(18)15(12(2)20-21)17(23)19-14(10-7-11-22)13-8-5-4-6-9-13/h4-6,8-9,14,22H,3,7,10-11H2,1-2H3,(H,19,23). The topological polar surface area (TPSA) is 67.2 Å². The number of nitrogens with zero attached hydrogens (tertiary/aromatic N) is 2. The number of nitrogens with one attached hydrogen (secondary N) is 1. The fraction of sp³-hybridized carbons (Fsp3) is 0.412. The molecule has 0 spiro atoms. The Morgan fingerprint density at radius 2 is 2.09 bits per heavy atom. The van der Waals surface area contributed by atoms with Gasteiger partial charge in [0.05, 0.1) is 17.3 Å². The number of aryl methyl sites for hydroxylation is 2. The van der Waals surface area contributed by atoms with E-state index in [-0.39, 0.29) is 18.6 Å². The van der Waals surface area contributed by atoms with Crippen molar-refractivity contribution in [3.63, 3.8) is 0 Å². The number of benzene rings is 1. The Morgan fingerprint density at radius 1 is 1.39 bits per heavy atom. The summed E-state index contributed by atoms with van der Waals surface area (Å²) in [6.07, 6.45) is 1.27. The normalized spacial score (nSPS) is 12.2. The van der Waals surface area contributed by atoms with Crippen molar-refractivity contribution in [1.29, 1.82) is 0 Å². The molecular formula is C17H22ClN3O2. The highest BCUT2D eigenvalue weighted by Gasteiger charge is 2.22. The van der Waals surface area contributed by atoms with Gasteiger partial charge in [0.15, 0.2) is 0 Å². The molecule has 0 radical (unpaired) electrons. The summed E-state index contributed by atoms with van der Waals surface area (Å²) in [6.45, 7) is 4.40. The molecule has 0 aliphatic heterocycles. The average Bonchev–Trinajstić information content (AvgIpc) is 2.86. The summed E-state index contributed by atoms with van der Waals surface area (Å²) < 4.78 is 1.61. The van der Waals surface area contributed by atoms with Crippen LogP contribution in [0.3, 0.4) is 0 Å². The summed E-state index contributed by atoms with van der Waals surface area (Å²) >= 11 is 6.26. The van der Waals surface area contributed by atoms with E-state index in [1.54, 1.807) is 11.6 Å². The van der Waals surface area contributed by atoms with Crippen LogP contribution >= 0.6 is 11.6 Å². The van der Waals surface area contributed by atoms with Crippen molar-refractivity contribution in [3.8, 4) is 0 Å². The van der Waals surface area contributed by atoms with E-state index in [0.29, 0.717) is 35.8 Å². The van der Waals surface area contributed by atoms with Crippen molar-refractivity contribution in [3.05, 3.63) is 52.3 Å². The van der Waals surface area contributed by atoms with Gasteiger partial charge in [0, 0.05) is 13.2 Å². The monoisotopic (exact) mass is 335 g/mol. The number of aliphatic hydroxyl groups is 1. The van der Waals surface area contributed by atoms with Crippen molar-refractivity contribution in [1.82, 2.24) is 15.1 Å². The molecule has 0 fully saturated rings. The maximum absolute atomic E-state index is 12.7. The maximum Gasteiger partial charge on any atom is 0.256 e. The van der Waals surface area contributed by atoms with Crippen LogP contribution in [-0.2, 0) is 6.54 Å². The number of carbonyl (C=O) groups is 1. The number of hydrogen-bond acceptors (Lipinski definition) is 3. The first kappa shape index (κ1) is 17.5. The van der Waals surface area contributed by atoms with E-state index in [2.05, 4.69) is 10.4 Å². The fourth-order valence-electron chi connectivity index (χ4n) is 2.55. The van der Waals surface area contributed by atoms with Crippen molar-refractivity contribution in [2.75, 3.05) is 6.61 Å². The van der Waals surface area contributed by atoms with Gasteiger partial charge in [-0.1, -0.05) is 41.9 Å². The zero-order valence-electron chi connectivity index (χ0n) is 13.4. The van der Waals surface area contributed by atoms with Gasteiger partial charge in [-0.05, 0) is 32.3 Å². The number of carbonyl (C=O) groups excluding carboxylic acids is 1. The number of halogens is 1. The van der Waals surface area contributed by atoms with Gasteiger partial charge >= 0.3 is 0 Å². The Bertz CT molecular complexity index is 655. The number of aromatic nitrogens is 2. The quantitative estimate of drug-likeness (QED) is 0.817. The molecule has 1 amide bonds. The van der Waals surface area contributed by atoms with Crippen LogP contribution in [0.15, 0.2) is 30.3 Å². The lowest BCUT2D eigenvalue weighted by Gasteiger charge is -2.19. The van der Waals surface area contributed by atoms with Crippen LogP contribution < -0.4 is 5.32 Å². The van der Waals surface area contributed by atoms with Crippen molar-refractivity contribution in [2.45, 2.75) is 39.3 Å². The van der Waals surface area contributed by atoms with Gasteiger partial charge in [-0.15, -0.1) is 0 Å². The molecule has 1 unspecified atom stereocenters. The number of amides is 1. The molecule has 124 valence electrons. The predicted octanol–water partition coefficient (Wildman–Crippen LogP) is 3.11. The van der Waals surface area contributed by atoms with Crippen molar-refractivity contribution < 1.29 is 9.90 Å². The van der Waals surface area contributed by atoms with Crippen molar-refractivity contribution >= 4 is 17.5 Å². The average molecular weight is 336 g/mol. The van der Waals surface area contributed by atoms with E-state index in [1.807, 2.05) is 37.3 Å². The third kappa shape index (κ3) is 4.12. The van der Waals surface area contributed by atoms with Crippen molar-refractivity contribution in [2.24, 2.45) is 0 Å². The van der Waals surface area contributed by atoms with E-state index in [0.717, 1.165) is 5.56 Å². The Morgan fingerprint density at radius 3 is 2.65 bits per heavy atom. The van der Waals surface area contributed by atoms with Gasteiger partial charge in [-0.25, -0.2) is 0 Å². The van der Waals surface area contributed by atoms with Crippen LogP contribution in [0.5, 0.6) is 0 Å². The highest BCUT2D eigenvalue weighted by molar-refractivity contribution is 6.33. The highest BCUT2D eigenvalue weighted by atomic mass is 35.5. The van der Waals surface area contributed by atoms with Crippen LogP contribution in [-0.4, -0.2) is 27.4 Å². The molecule has 0 bridgehead atoms. The van der Waals surface area contributed by atoms with Gasteiger partial charge in [0.25, 0.3) is 5.91 Å². The van der Waals surface area contributed by atoms with Crippen LogP contribution in [0.1, 0.15) is 47.4 Å². The lowest BCUT2D eigenvalue weighted by molar-refractivity contribution is 0.0932. The zero-order valence-corrected chi connectivity index (χ0v) is 14.2. The SMILES string of the molecule is CCn1nc(C)c(C(=O)NC(CCCO)c2ccccc2)c1Cl. The minimum atomic E-state index is -0.237. The lowest BCUT2D eigenvalue weighted by atomic mass is 10.0. The maximum atomic E-state index is 12.7. The summed E-state index contributed by atoms with van der Waals surface area (Å²) in [5, 5.41) is 16.7. The minimum Gasteiger partial charge on any atom is -0.396 e. The molecule has 1 aromatic heterocycles. The Hall–Kier alpha value is -1.85. The molecular weight excluding hydrogens is 314 g/mol. The first-order chi connectivity index (χ1) is 11.1. The first-order valence-electron chi connectivity index (χ1n) is 7.78. The lowest BCUT2D eigenvalue weighted by Crippen LogP contribution is -2.29. The Balaban J connectivity index is 2.22. The summed E-state index contributed by atoms with van der Waals surface area (Å²) in [7, 11) is 0. The predicted molar refractivity (Wildman–Crippen MR) is 90.6 cm³/mol. The second-order valence-corrected chi connectivity index (χ2v) is 5.73.